The first-order valence-corrected chi connectivity index (χ1v) is 6.83. The molecule has 2 unspecified atom stereocenters. The van der Waals surface area contributed by atoms with Crippen molar-refractivity contribution in [1.82, 2.24) is 9.88 Å². The Balaban J connectivity index is 2.19. The lowest BCUT2D eigenvalue weighted by atomic mass is 10.0. The summed E-state index contributed by atoms with van der Waals surface area (Å²) in [7, 11) is 0. The molecule has 2 heterocycles. The SMILES string of the molecule is NCC(c1ccncc1)N1CCCCCC1CO. The van der Waals surface area contributed by atoms with Gasteiger partial charge in [-0.3, -0.25) is 9.88 Å². The van der Waals surface area contributed by atoms with Crippen molar-refractivity contribution in [2.75, 3.05) is 19.7 Å². The molecule has 1 aliphatic rings. The highest BCUT2D eigenvalue weighted by Gasteiger charge is 2.27. The van der Waals surface area contributed by atoms with Crippen LogP contribution < -0.4 is 5.73 Å². The predicted octanol–water partition coefficient (Wildman–Crippen LogP) is 1.32. The van der Waals surface area contributed by atoms with Crippen molar-refractivity contribution < 1.29 is 5.11 Å². The van der Waals surface area contributed by atoms with Crippen LogP contribution in [0, 0.1) is 0 Å². The third-order valence-corrected chi connectivity index (χ3v) is 3.85. The first-order chi connectivity index (χ1) is 8.86. The molecule has 1 fully saturated rings. The number of hydrogen-bond acceptors (Lipinski definition) is 4. The molecule has 3 N–H and O–H groups in total. The van der Waals surface area contributed by atoms with Gasteiger partial charge in [-0.2, -0.15) is 0 Å². The topological polar surface area (TPSA) is 62.4 Å². The summed E-state index contributed by atoms with van der Waals surface area (Å²) in [4.78, 5) is 6.43. The summed E-state index contributed by atoms with van der Waals surface area (Å²) in [6.45, 7) is 1.83. The summed E-state index contributed by atoms with van der Waals surface area (Å²) in [6.07, 6.45) is 8.33. The zero-order valence-electron chi connectivity index (χ0n) is 10.8. The Kier molecular flexibility index (Phi) is 5.11. The first kappa shape index (κ1) is 13.5. The number of likely N-dealkylation sites (tertiary alicyclic amines) is 1. The normalized spacial score (nSPS) is 23.6. The van der Waals surface area contributed by atoms with Crippen molar-refractivity contribution in [2.45, 2.75) is 37.8 Å². The lowest BCUT2D eigenvalue weighted by Gasteiger charge is -2.35. The average Bonchev–Trinajstić information content (AvgIpc) is 2.66. The standard InChI is InChI=1S/C14H23N3O/c15-10-14(12-5-7-16-8-6-12)17-9-3-1-2-4-13(17)11-18/h5-8,13-14,18H,1-4,9-11,15H2. The third-order valence-electron chi connectivity index (χ3n) is 3.85. The number of hydrogen-bond donors (Lipinski definition) is 2. The van der Waals surface area contributed by atoms with Crippen LogP contribution in [0.15, 0.2) is 24.5 Å². The Morgan fingerprint density at radius 2 is 2.11 bits per heavy atom. The maximum Gasteiger partial charge on any atom is 0.0587 e. The van der Waals surface area contributed by atoms with E-state index in [4.69, 9.17) is 5.73 Å². The van der Waals surface area contributed by atoms with Crippen LogP contribution in [-0.4, -0.2) is 40.7 Å². The molecule has 18 heavy (non-hydrogen) atoms. The fourth-order valence-electron chi connectivity index (χ4n) is 2.85. The largest absolute Gasteiger partial charge is 0.395 e. The van der Waals surface area contributed by atoms with Gasteiger partial charge in [0.05, 0.1) is 6.61 Å². The fraction of sp³-hybridized carbons (Fsp3) is 0.643. The third kappa shape index (κ3) is 3.07. The van der Waals surface area contributed by atoms with Gasteiger partial charge >= 0.3 is 0 Å². The molecule has 4 heteroatoms. The van der Waals surface area contributed by atoms with Crippen LogP contribution in [0.25, 0.3) is 0 Å². The van der Waals surface area contributed by atoms with Gasteiger partial charge in [0.15, 0.2) is 0 Å². The molecule has 1 aromatic heterocycles. The Morgan fingerprint density at radius 1 is 1.33 bits per heavy atom. The van der Waals surface area contributed by atoms with E-state index >= 15 is 0 Å². The van der Waals surface area contributed by atoms with Gasteiger partial charge in [-0.15, -0.1) is 0 Å². The quantitative estimate of drug-likeness (QED) is 0.845. The smallest absolute Gasteiger partial charge is 0.0587 e. The molecule has 0 aliphatic carbocycles. The molecular weight excluding hydrogens is 226 g/mol. The number of nitrogens with zero attached hydrogens (tertiary/aromatic N) is 2. The molecular formula is C14H23N3O. The second-order valence-electron chi connectivity index (χ2n) is 4.96. The summed E-state index contributed by atoms with van der Waals surface area (Å²) >= 11 is 0. The van der Waals surface area contributed by atoms with Gasteiger partial charge in [0.2, 0.25) is 0 Å². The molecule has 0 saturated carbocycles. The maximum atomic E-state index is 9.58. The second-order valence-corrected chi connectivity index (χ2v) is 4.96. The summed E-state index contributed by atoms with van der Waals surface area (Å²) in [6, 6.07) is 4.49. The van der Waals surface area contributed by atoms with E-state index in [9.17, 15) is 5.11 Å². The number of nitrogens with two attached hydrogens (primary N) is 1. The number of rotatable bonds is 4. The van der Waals surface area contributed by atoms with Crippen molar-refractivity contribution in [3.63, 3.8) is 0 Å². The summed E-state index contributed by atoms with van der Waals surface area (Å²) in [5.74, 6) is 0. The van der Waals surface area contributed by atoms with Gasteiger partial charge in [0.1, 0.15) is 0 Å². The molecule has 1 saturated heterocycles. The first-order valence-electron chi connectivity index (χ1n) is 6.83. The van der Waals surface area contributed by atoms with Gasteiger partial charge in [-0.1, -0.05) is 12.8 Å². The zero-order chi connectivity index (χ0) is 12.8. The monoisotopic (exact) mass is 249 g/mol. The van der Waals surface area contributed by atoms with Crippen LogP contribution in [0.1, 0.15) is 37.3 Å². The van der Waals surface area contributed by atoms with Crippen LogP contribution in [0.3, 0.4) is 0 Å². The fourth-order valence-corrected chi connectivity index (χ4v) is 2.85. The Morgan fingerprint density at radius 3 is 2.78 bits per heavy atom. The average molecular weight is 249 g/mol. The van der Waals surface area contributed by atoms with E-state index in [1.165, 1.54) is 24.8 Å². The Labute approximate surface area is 109 Å². The van der Waals surface area contributed by atoms with Crippen LogP contribution in [-0.2, 0) is 0 Å². The highest BCUT2D eigenvalue weighted by molar-refractivity contribution is 5.16. The molecule has 0 amide bonds. The van der Waals surface area contributed by atoms with Crippen molar-refractivity contribution >= 4 is 0 Å². The minimum atomic E-state index is 0.197. The minimum absolute atomic E-state index is 0.197. The van der Waals surface area contributed by atoms with Gasteiger partial charge in [0.25, 0.3) is 0 Å². The van der Waals surface area contributed by atoms with Crippen LogP contribution in [0.2, 0.25) is 0 Å². The molecule has 0 radical (unpaired) electrons. The molecule has 1 aliphatic heterocycles. The predicted molar refractivity (Wildman–Crippen MR) is 72.1 cm³/mol. The minimum Gasteiger partial charge on any atom is -0.395 e. The summed E-state index contributed by atoms with van der Waals surface area (Å²) in [5.41, 5.74) is 7.16. The summed E-state index contributed by atoms with van der Waals surface area (Å²) < 4.78 is 0. The summed E-state index contributed by atoms with van der Waals surface area (Å²) in [5, 5.41) is 9.58. The second kappa shape index (κ2) is 6.83. The van der Waals surface area contributed by atoms with Crippen LogP contribution in [0.4, 0.5) is 0 Å². The van der Waals surface area contributed by atoms with Crippen LogP contribution in [0.5, 0.6) is 0 Å². The van der Waals surface area contributed by atoms with Crippen molar-refractivity contribution in [3.8, 4) is 0 Å². The number of aliphatic hydroxyl groups is 1. The molecule has 0 bridgehead atoms. The van der Waals surface area contributed by atoms with Crippen LogP contribution >= 0.6 is 0 Å². The van der Waals surface area contributed by atoms with E-state index in [-0.39, 0.29) is 18.7 Å². The van der Waals surface area contributed by atoms with E-state index < -0.39 is 0 Å². The lowest BCUT2D eigenvalue weighted by molar-refractivity contribution is 0.0870. The van der Waals surface area contributed by atoms with Gasteiger partial charge in [0, 0.05) is 31.0 Å². The van der Waals surface area contributed by atoms with E-state index in [1.54, 1.807) is 0 Å². The van der Waals surface area contributed by atoms with Gasteiger partial charge in [-0.05, 0) is 37.1 Å². The van der Waals surface area contributed by atoms with Crippen molar-refractivity contribution in [1.29, 1.82) is 0 Å². The van der Waals surface area contributed by atoms with Gasteiger partial charge < -0.3 is 10.8 Å². The van der Waals surface area contributed by atoms with E-state index in [1.807, 2.05) is 24.5 Å². The highest BCUT2D eigenvalue weighted by atomic mass is 16.3. The Hall–Kier alpha value is -0.970. The molecule has 0 spiro atoms. The molecule has 0 aromatic carbocycles. The molecule has 2 rings (SSSR count). The number of aromatic nitrogens is 1. The molecule has 2 atom stereocenters. The highest BCUT2D eigenvalue weighted by Crippen LogP contribution is 2.26. The van der Waals surface area contributed by atoms with E-state index in [2.05, 4.69) is 9.88 Å². The molecule has 100 valence electrons. The van der Waals surface area contributed by atoms with E-state index in [0.29, 0.717) is 6.54 Å². The molecule has 4 nitrogen and oxygen atoms in total. The molecule has 1 aromatic rings. The van der Waals surface area contributed by atoms with Gasteiger partial charge in [-0.25, -0.2) is 0 Å². The number of pyridine rings is 1. The van der Waals surface area contributed by atoms with Crippen molar-refractivity contribution in [2.24, 2.45) is 5.73 Å². The number of aliphatic hydroxyl groups excluding tert-OH is 1. The maximum absolute atomic E-state index is 9.58. The van der Waals surface area contributed by atoms with E-state index in [0.717, 1.165) is 13.0 Å². The lowest BCUT2D eigenvalue weighted by Crippen LogP contribution is -2.43. The Bertz CT molecular complexity index is 344. The van der Waals surface area contributed by atoms with Crippen molar-refractivity contribution in [3.05, 3.63) is 30.1 Å². The zero-order valence-corrected chi connectivity index (χ0v) is 10.8.